The highest BCUT2D eigenvalue weighted by Gasteiger charge is 2.21. The first kappa shape index (κ1) is 15.0. The molecule has 4 heteroatoms. The number of fused-ring (bicyclic) bond motifs is 1. The summed E-state index contributed by atoms with van der Waals surface area (Å²) in [6.07, 6.45) is 1.04. The molecule has 0 bridgehead atoms. The fourth-order valence-corrected chi connectivity index (χ4v) is 2.77. The number of benzene rings is 1. The van der Waals surface area contributed by atoms with Crippen LogP contribution in [-0.2, 0) is 17.7 Å². The van der Waals surface area contributed by atoms with Crippen molar-refractivity contribution in [2.45, 2.75) is 32.9 Å². The quantitative estimate of drug-likeness (QED) is 0.892. The van der Waals surface area contributed by atoms with Gasteiger partial charge >= 0.3 is 0 Å². The molecule has 110 valence electrons. The minimum Gasteiger partial charge on any atom is -0.383 e. The van der Waals surface area contributed by atoms with E-state index >= 15 is 0 Å². The van der Waals surface area contributed by atoms with E-state index in [0.717, 1.165) is 25.1 Å². The van der Waals surface area contributed by atoms with Crippen molar-refractivity contribution in [1.82, 2.24) is 10.2 Å². The molecule has 4 nitrogen and oxygen atoms in total. The van der Waals surface area contributed by atoms with Gasteiger partial charge in [-0.15, -0.1) is 0 Å². The molecule has 0 saturated heterocycles. The molecule has 1 unspecified atom stereocenters. The van der Waals surface area contributed by atoms with Gasteiger partial charge in [0, 0.05) is 25.8 Å². The minimum atomic E-state index is 0.0884. The molecule has 1 amide bonds. The van der Waals surface area contributed by atoms with E-state index in [1.165, 1.54) is 11.1 Å². The summed E-state index contributed by atoms with van der Waals surface area (Å²) in [4.78, 5) is 14.5. The molecule has 0 saturated carbocycles. The number of likely N-dealkylation sites (N-methyl/N-ethyl adjacent to an activating group) is 1. The smallest absolute Gasteiger partial charge is 0.254 e. The average Bonchev–Trinajstić information content (AvgIpc) is 2.47. The average molecular weight is 276 g/mol. The number of methoxy groups -OCH3 is 1. The van der Waals surface area contributed by atoms with E-state index in [9.17, 15) is 4.79 Å². The maximum atomic E-state index is 12.6. The van der Waals surface area contributed by atoms with Gasteiger partial charge in [0.05, 0.1) is 12.6 Å². The lowest BCUT2D eigenvalue weighted by molar-refractivity contribution is 0.0579. The van der Waals surface area contributed by atoms with Crippen LogP contribution in [0.3, 0.4) is 0 Å². The molecule has 0 radical (unpaired) electrons. The summed E-state index contributed by atoms with van der Waals surface area (Å²) in [5, 5.41) is 3.35. The number of carbonyl (C=O) groups excluding carboxylic acids is 1. The van der Waals surface area contributed by atoms with Crippen molar-refractivity contribution < 1.29 is 9.53 Å². The molecule has 1 aliphatic rings. The van der Waals surface area contributed by atoms with Gasteiger partial charge < -0.3 is 15.0 Å². The van der Waals surface area contributed by atoms with Gasteiger partial charge in [-0.3, -0.25) is 4.79 Å². The molecule has 1 N–H and O–H groups in total. The van der Waals surface area contributed by atoms with Crippen LogP contribution in [0.25, 0.3) is 0 Å². The van der Waals surface area contributed by atoms with Gasteiger partial charge in [0.15, 0.2) is 0 Å². The van der Waals surface area contributed by atoms with E-state index in [1.54, 1.807) is 7.11 Å². The predicted octanol–water partition coefficient (Wildman–Crippen LogP) is 1.83. The first-order valence-electron chi connectivity index (χ1n) is 7.29. The van der Waals surface area contributed by atoms with Gasteiger partial charge in [-0.1, -0.05) is 6.07 Å². The Morgan fingerprint density at radius 3 is 2.95 bits per heavy atom. The molecule has 2 rings (SSSR count). The Kier molecular flexibility index (Phi) is 5.15. The zero-order valence-electron chi connectivity index (χ0n) is 12.6. The fourth-order valence-electron chi connectivity index (χ4n) is 2.77. The van der Waals surface area contributed by atoms with Crippen LogP contribution < -0.4 is 5.32 Å². The van der Waals surface area contributed by atoms with Crippen molar-refractivity contribution in [3.63, 3.8) is 0 Å². The maximum Gasteiger partial charge on any atom is 0.254 e. The van der Waals surface area contributed by atoms with Crippen LogP contribution in [0.2, 0.25) is 0 Å². The third-order valence-electron chi connectivity index (χ3n) is 3.88. The van der Waals surface area contributed by atoms with Gasteiger partial charge in [0.1, 0.15) is 0 Å². The number of ether oxygens (including phenoxy) is 1. The number of rotatable bonds is 5. The van der Waals surface area contributed by atoms with Gasteiger partial charge in [-0.25, -0.2) is 0 Å². The highest BCUT2D eigenvalue weighted by Crippen LogP contribution is 2.18. The summed E-state index contributed by atoms with van der Waals surface area (Å²) >= 11 is 0. The Hall–Kier alpha value is -1.39. The lowest BCUT2D eigenvalue weighted by atomic mass is 9.98. The van der Waals surface area contributed by atoms with Crippen molar-refractivity contribution in [2.75, 3.05) is 26.8 Å². The zero-order valence-corrected chi connectivity index (χ0v) is 12.6. The number of carbonyl (C=O) groups is 1. The van der Waals surface area contributed by atoms with Gasteiger partial charge in [-0.05, 0) is 50.1 Å². The molecule has 0 aromatic heterocycles. The Balaban J connectivity index is 2.19. The largest absolute Gasteiger partial charge is 0.383 e. The molecule has 1 aromatic carbocycles. The SMILES string of the molecule is CCN(C(=O)c1ccc2c(c1)CNCC2)C(C)COC. The topological polar surface area (TPSA) is 41.6 Å². The Morgan fingerprint density at radius 1 is 1.45 bits per heavy atom. The maximum absolute atomic E-state index is 12.6. The first-order valence-corrected chi connectivity index (χ1v) is 7.29. The number of hydrogen-bond acceptors (Lipinski definition) is 3. The van der Waals surface area contributed by atoms with Gasteiger partial charge in [0.2, 0.25) is 0 Å². The summed E-state index contributed by atoms with van der Waals surface area (Å²) in [7, 11) is 1.67. The van der Waals surface area contributed by atoms with Crippen LogP contribution in [0.4, 0.5) is 0 Å². The van der Waals surface area contributed by atoms with E-state index < -0.39 is 0 Å². The molecule has 1 aromatic rings. The third-order valence-corrected chi connectivity index (χ3v) is 3.88. The monoisotopic (exact) mass is 276 g/mol. The minimum absolute atomic E-state index is 0.0884. The van der Waals surface area contributed by atoms with Crippen molar-refractivity contribution >= 4 is 5.91 Å². The van der Waals surface area contributed by atoms with Crippen molar-refractivity contribution in [1.29, 1.82) is 0 Å². The van der Waals surface area contributed by atoms with Crippen molar-refractivity contribution in [3.05, 3.63) is 34.9 Å². The molecule has 1 heterocycles. The van der Waals surface area contributed by atoms with Gasteiger partial charge in [0.25, 0.3) is 5.91 Å². The second-order valence-corrected chi connectivity index (χ2v) is 5.31. The number of hydrogen-bond donors (Lipinski definition) is 1. The summed E-state index contributed by atoms with van der Waals surface area (Å²) in [5.41, 5.74) is 3.38. The van der Waals surface area contributed by atoms with Crippen molar-refractivity contribution in [2.24, 2.45) is 0 Å². The molecule has 0 spiro atoms. The van der Waals surface area contributed by atoms with Crippen molar-refractivity contribution in [3.8, 4) is 0 Å². The van der Waals surface area contributed by atoms with E-state index in [0.29, 0.717) is 13.2 Å². The van der Waals surface area contributed by atoms with E-state index in [-0.39, 0.29) is 11.9 Å². The zero-order chi connectivity index (χ0) is 14.5. The summed E-state index contributed by atoms with van der Waals surface area (Å²) in [6.45, 7) is 7.15. The second kappa shape index (κ2) is 6.86. The van der Waals surface area contributed by atoms with Crippen LogP contribution in [0.15, 0.2) is 18.2 Å². The number of nitrogens with zero attached hydrogens (tertiary/aromatic N) is 1. The standard InChI is InChI=1S/C16H24N2O2/c1-4-18(12(2)11-20-3)16(19)14-6-5-13-7-8-17-10-15(13)9-14/h5-6,9,12,17H,4,7-8,10-11H2,1-3H3. The number of amides is 1. The van der Waals surface area contributed by atoms with Crippen LogP contribution in [0.5, 0.6) is 0 Å². The Labute approximate surface area is 121 Å². The van der Waals surface area contributed by atoms with Crippen LogP contribution in [0, 0.1) is 0 Å². The lowest BCUT2D eigenvalue weighted by Crippen LogP contribution is -2.41. The lowest BCUT2D eigenvalue weighted by Gasteiger charge is -2.28. The predicted molar refractivity (Wildman–Crippen MR) is 79.9 cm³/mol. The number of nitrogens with one attached hydrogen (secondary N) is 1. The highest BCUT2D eigenvalue weighted by molar-refractivity contribution is 5.94. The summed E-state index contributed by atoms with van der Waals surface area (Å²) in [5.74, 6) is 0.0884. The van der Waals surface area contributed by atoms with Crippen LogP contribution >= 0.6 is 0 Å². The molecule has 1 atom stereocenters. The summed E-state index contributed by atoms with van der Waals surface area (Å²) < 4.78 is 5.16. The molecular formula is C16H24N2O2. The molecule has 0 aliphatic carbocycles. The van der Waals surface area contributed by atoms with E-state index in [1.807, 2.05) is 30.9 Å². The normalized spacial score (nSPS) is 15.6. The molecule has 1 aliphatic heterocycles. The highest BCUT2D eigenvalue weighted by atomic mass is 16.5. The van der Waals surface area contributed by atoms with Gasteiger partial charge in [-0.2, -0.15) is 0 Å². The second-order valence-electron chi connectivity index (χ2n) is 5.31. The van der Waals surface area contributed by atoms with E-state index in [4.69, 9.17) is 4.74 Å². The molecular weight excluding hydrogens is 252 g/mol. The fraction of sp³-hybridized carbons (Fsp3) is 0.562. The van der Waals surface area contributed by atoms with Crippen LogP contribution in [0.1, 0.15) is 35.3 Å². The van der Waals surface area contributed by atoms with Crippen LogP contribution in [-0.4, -0.2) is 43.7 Å². The summed E-state index contributed by atoms with van der Waals surface area (Å²) in [6, 6.07) is 6.17. The Bertz CT molecular complexity index is 474. The first-order chi connectivity index (χ1) is 9.67. The van der Waals surface area contributed by atoms with E-state index in [2.05, 4.69) is 11.4 Å². The third kappa shape index (κ3) is 3.19. The Morgan fingerprint density at radius 2 is 2.25 bits per heavy atom. The molecule has 20 heavy (non-hydrogen) atoms. The molecule has 0 fully saturated rings.